The van der Waals surface area contributed by atoms with E-state index < -0.39 is 0 Å². The van der Waals surface area contributed by atoms with Crippen LogP contribution >= 0.6 is 0 Å². The Balaban J connectivity index is 2.28. The molecule has 0 saturated carbocycles. The summed E-state index contributed by atoms with van der Waals surface area (Å²) in [6.07, 6.45) is 1.28. The number of carbonyl (C=O) groups excluding carboxylic acids is 1. The zero-order chi connectivity index (χ0) is 12.3. The van der Waals surface area contributed by atoms with Crippen LogP contribution in [0.2, 0.25) is 0 Å². The summed E-state index contributed by atoms with van der Waals surface area (Å²) in [5.41, 5.74) is 1.49. The van der Waals surface area contributed by atoms with Crippen LogP contribution in [0.3, 0.4) is 0 Å². The summed E-state index contributed by atoms with van der Waals surface area (Å²) in [6, 6.07) is 7.14. The molecule has 0 unspecified atom stereocenters. The Morgan fingerprint density at radius 1 is 1.06 bits per heavy atom. The van der Waals surface area contributed by atoms with E-state index in [1.807, 2.05) is 13.8 Å². The first-order valence-corrected chi connectivity index (χ1v) is 5.33. The molecule has 0 spiro atoms. The summed E-state index contributed by atoms with van der Waals surface area (Å²) in [5.74, 6) is 0.579. The maximum Gasteiger partial charge on any atom is 0.203 e. The Morgan fingerprint density at radius 3 is 2.18 bits per heavy atom. The summed E-state index contributed by atoms with van der Waals surface area (Å²) in [4.78, 5) is 11.7. The van der Waals surface area contributed by atoms with Gasteiger partial charge in [-0.3, -0.25) is 4.79 Å². The van der Waals surface area contributed by atoms with Crippen molar-refractivity contribution in [1.82, 2.24) is 20.4 Å². The van der Waals surface area contributed by atoms with Crippen LogP contribution < -0.4 is 0 Å². The topological polar surface area (TPSA) is 68.6 Å². The van der Waals surface area contributed by atoms with Gasteiger partial charge in [0.1, 0.15) is 0 Å². The van der Waals surface area contributed by atoms with Crippen molar-refractivity contribution in [3.8, 4) is 11.4 Å². The van der Waals surface area contributed by atoms with E-state index in [9.17, 15) is 4.79 Å². The second-order valence-electron chi connectivity index (χ2n) is 3.97. The molecule has 0 saturated heterocycles. The molecule has 0 atom stereocenters. The van der Waals surface area contributed by atoms with Gasteiger partial charge in [-0.1, -0.05) is 38.1 Å². The molecule has 0 radical (unpaired) electrons. The van der Waals surface area contributed by atoms with Gasteiger partial charge in [0.05, 0.1) is 0 Å². The van der Waals surface area contributed by atoms with Gasteiger partial charge in [-0.15, -0.1) is 20.4 Å². The first kappa shape index (κ1) is 11.3. The smallest absolute Gasteiger partial charge is 0.203 e. The number of aromatic nitrogens is 4. The van der Waals surface area contributed by atoms with Crippen LogP contribution in [-0.2, 0) is 0 Å². The molecule has 0 N–H and O–H groups in total. The summed E-state index contributed by atoms with van der Waals surface area (Å²) in [6.45, 7) is 3.76. The predicted molar refractivity (Wildman–Crippen MR) is 62.2 cm³/mol. The van der Waals surface area contributed by atoms with E-state index in [0.29, 0.717) is 11.4 Å². The molecule has 0 aliphatic rings. The van der Waals surface area contributed by atoms with Gasteiger partial charge in [-0.2, -0.15) is 0 Å². The molecule has 1 heterocycles. The second kappa shape index (κ2) is 4.78. The Bertz CT molecular complexity index is 508. The number of carbonyl (C=O) groups is 1. The molecule has 0 fully saturated rings. The molecule has 5 heteroatoms. The van der Waals surface area contributed by atoms with Crippen molar-refractivity contribution in [1.29, 1.82) is 0 Å². The number of rotatable bonds is 3. The van der Waals surface area contributed by atoms with E-state index in [1.54, 1.807) is 24.3 Å². The highest BCUT2D eigenvalue weighted by Crippen LogP contribution is 2.15. The number of benzene rings is 1. The first-order chi connectivity index (χ1) is 8.18. The second-order valence-corrected chi connectivity index (χ2v) is 3.97. The van der Waals surface area contributed by atoms with Gasteiger partial charge in [0, 0.05) is 17.0 Å². The average Bonchev–Trinajstić information content (AvgIpc) is 2.39. The SMILES string of the molecule is CC(C)C(=O)c1ccc(-c2nncnn2)cc1. The van der Waals surface area contributed by atoms with Crippen LogP contribution in [0.15, 0.2) is 30.6 Å². The summed E-state index contributed by atoms with van der Waals surface area (Å²) < 4.78 is 0. The van der Waals surface area contributed by atoms with E-state index >= 15 is 0 Å². The number of hydrogen-bond acceptors (Lipinski definition) is 5. The molecule has 17 heavy (non-hydrogen) atoms. The van der Waals surface area contributed by atoms with Crippen LogP contribution in [0.1, 0.15) is 24.2 Å². The maximum atomic E-state index is 11.7. The van der Waals surface area contributed by atoms with Crippen molar-refractivity contribution in [2.45, 2.75) is 13.8 Å². The third-order valence-corrected chi connectivity index (χ3v) is 2.36. The molecule has 5 nitrogen and oxygen atoms in total. The summed E-state index contributed by atoms with van der Waals surface area (Å²) >= 11 is 0. The van der Waals surface area contributed by atoms with Crippen molar-refractivity contribution in [2.75, 3.05) is 0 Å². The highest BCUT2D eigenvalue weighted by Gasteiger charge is 2.10. The van der Waals surface area contributed by atoms with Crippen molar-refractivity contribution in [3.63, 3.8) is 0 Å². The zero-order valence-corrected chi connectivity index (χ0v) is 9.66. The Morgan fingerprint density at radius 2 is 1.65 bits per heavy atom. The van der Waals surface area contributed by atoms with Gasteiger partial charge in [0.25, 0.3) is 0 Å². The molecule has 0 aliphatic carbocycles. The highest BCUT2D eigenvalue weighted by molar-refractivity contribution is 5.97. The third kappa shape index (κ3) is 2.50. The van der Waals surface area contributed by atoms with Crippen molar-refractivity contribution < 1.29 is 4.79 Å². The third-order valence-electron chi connectivity index (χ3n) is 2.36. The fraction of sp³-hybridized carbons (Fsp3) is 0.250. The van der Waals surface area contributed by atoms with E-state index in [4.69, 9.17) is 0 Å². The fourth-order valence-electron chi connectivity index (χ4n) is 1.44. The van der Waals surface area contributed by atoms with E-state index in [2.05, 4.69) is 20.4 Å². The van der Waals surface area contributed by atoms with Crippen molar-refractivity contribution >= 4 is 5.78 Å². The largest absolute Gasteiger partial charge is 0.294 e. The van der Waals surface area contributed by atoms with Gasteiger partial charge in [-0.25, -0.2) is 0 Å². The lowest BCUT2D eigenvalue weighted by Crippen LogP contribution is -2.07. The van der Waals surface area contributed by atoms with Gasteiger partial charge in [0.2, 0.25) is 5.82 Å². The van der Waals surface area contributed by atoms with E-state index in [0.717, 1.165) is 5.56 Å². The zero-order valence-electron chi connectivity index (χ0n) is 9.66. The van der Waals surface area contributed by atoms with E-state index in [-0.39, 0.29) is 11.7 Å². The average molecular weight is 228 g/mol. The molecule has 1 aromatic heterocycles. The monoisotopic (exact) mass is 228 g/mol. The van der Waals surface area contributed by atoms with Crippen LogP contribution in [0.25, 0.3) is 11.4 Å². The molecule has 0 bridgehead atoms. The Labute approximate surface area is 98.9 Å². The number of hydrogen-bond donors (Lipinski definition) is 0. The lowest BCUT2D eigenvalue weighted by molar-refractivity contribution is 0.0939. The minimum atomic E-state index is -0.00263. The number of nitrogens with zero attached hydrogens (tertiary/aromatic N) is 4. The first-order valence-electron chi connectivity index (χ1n) is 5.33. The van der Waals surface area contributed by atoms with Crippen LogP contribution in [0.5, 0.6) is 0 Å². The van der Waals surface area contributed by atoms with Crippen LogP contribution in [0.4, 0.5) is 0 Å². The Kier molecular flexibility index (Phi) is 3.18. The van der Waals surface area contributed by atoms with Gasteiger partial charge in [-0.05, 0) is 0 Å². The minimum absolute atomic E-state index is 0.00263. The van der Waals surface area contributed by atoms with Crippen molar-refractivity contribution in [2.24, 2.45) is 5.92 Å². The van der Waals surface area contributed by atoms with E-state index in [1.165, 1.54) is 6.33 Å². The molecule has 86 valence electrons. The summed E-state index contributed by atoms with van der Waals surface area (Å²) in [5, 5.41) is 15.0. The van der Waals surface area contributed by atoms with Gasteiger partial charge >= 0.3 is 0 Å². The number of ketones is 1. The predicted octanol–water partition coefficient (Wildman–Crippen LogP) is 1.77. The maximum absolute atomic E-state index is 11.7. The summed E-state index contributed by atoms with van der Waals surface area (Å²) in [7, 11) is 0. The molecular weight excluding hydrogens is 216 g/mol. The fourth-order valence-corrected chi connectivity index (χ4v) is 1.44. The normalized spacial score (nSPS) is 10.5. The lowest BCUT2D eigenvalue weighted by atomic mass is 10.00. The number of Topliss-reactive ketones (excluding diaryl/α,β-unsaturated/α-hetero) is 1. The highest BCUT2D eigenvalue weighted by atomic mass is 16.1. The van der Waals surface area contributed by atoms with Gasteiger partial charge < -0.3 is 0 Å². The quantitative estimate of drug-likeness (QED) is 0.749. The molecule has 2 aromatic rings. The molecular formula is C12H12N4O. The van der Waals surface area contributed by atoms with Gasteiger partial charge in [0.15, 0.2) is 12.1 Å². The molecule has 1 aromatic carbocycles. The molecule has 0 aliphatic heterocycles. The van der Waals surface area contributed by atoms with Crippen molar-refractivity contribution in [3.05, 3.63) is 36.2 Å². The van der Waals surface area contributed by atoms with Crippen LogP contribution in [-0.4, -0.2) is 26.2 Å². The standard InChI is InChI=1S/C12H12N4O/c1-8(2)11(17)9-3-5-10(6-4-9)12-15-13-7-14-16-12/h3-8H,1-2H3. The van der Waals surface area contributed by atoms with Crippen LogP contribution in [0, 0.1) is 5.92 Å². The molecule has 0 amide bonds. The lowest BCUT2D eigenvalue weighted by Gasteiger charge is -2.04. The minimum Gasteiger partial charge on any atom is -0.294 e. The molecule has 2 rings (SSSR count). The Hall–Kier alpha value is -2.17.